The van der Waals surface area contributed by atoms with Gasteiger partial charge in [0, 0.05) is 6.54 Å². The number of esters is 1. The van der Waals surface area contributed by atoms with Crippen LogP contribution >= 0.6 is 0 Å². The van der Waals surface area contributed by atoms with E-state index < -0.39 is 5.54 Å². The molecule has 0 aromatic heterocycles. The van der Waals surface area contributed by atoms with Crippen molar-refractivity contribution in [1.82, 2.24) is 5.32 Å². The molecular formula is C16H19NO2. The highest BCUT2D eigenvalue weighted by Crippen LogP contribution is 2.16. The molecule has 0 aliphatic rings. The first kappa shape index (κ1) is 13.6. The minimum Gasteiger partial charge on any atom is -0.468 e. The molecule has 0 bridgehead atoms. The van der Waals surface area contributed by atoms with E-state index in [4.69, 9.17) is 4.74 Å². The Balaban J connectivity index is 2.12. The summed E-state index contributed by atoms with van der Waals surface area (Å²) in [5.74, 6) is -0.256. The van der Waals surface area contributed by atoms with Gasteiger partial charge in [-0.1, -0.05) is 36.4 Å². The fourth-order valence-electron chi connectivity index (χ4n) is 2.00. The SMILES string of the molecule is COC(=O)C(C)(C)NCc1ccc2ccccc2c1. The highest BCUT2D eigenvalue weighted by atomic mass is 16.5. The number of rotatable bonds is 4. The number of benzene rings is 2. The van der Waals surface area contributed by atoms with Crippen LogP contribution in [0.3, 0.4) is 0 Å². The summed E-state index contributed by atoms with van der Waals surface area (Å²) in [6, 6.07) is 14.5. The van der Waals surface area contributed by atoms with E-state index >= 15 is 0 Å². The highest BCUT2D eigenvalue weighted by Gasteiger charge is 2.27. The zero-order valence-electron chi connectivity index (χ0n) is 11.6. The lowest BCUT2D eigenvalue weighted by Gasteiger charge is -2.23. The molecule has 2 aromatic rings. The summed E-state index contributed by atoms with van der Waals surface area (Å²) in [5, 5.41) is 5.64. The molecular weight excluding hydrogens is 238 g/mol. The van der Waals surface area contributed by atoms with Crippen LogP contribution in [0.2, 0.25) is 0 Å². The molecule has 0 radical (unpaired) electrons. The lowest BCUT2D eigenvalue weighted by molar-refractivity contribution is -0.147. The largest absolute Gasteiger partial charge is 0.468 e. The number of hydrogen-bond donors (Lipinski definition) is 1. The van der Waals surface area contributed by atoms with Gasteiger partial charge in [0.25, 0.3) is 0 Å². The van der Waals surface area contributed by atoms with Gasteiger partial charge in [0.15, 0.2) is 0 Å². The average molecular weight is 257 g/mol. The number of ether oxygens (including phenoxy) is 1. The summed E-state index contributed by atoms with van der Waals surface area (Å²) in [6.07, 6.45) is 0. The van der Waals surface area contributed by atoms with Gasteiger partial charge in [-0.25, -0.2) is 0 Å². The molecule has 2 rings (SSSR count). The van der Waals surface area contributed by atoms with Gasteiger partial charge >= 0.3 is 5.97 Å². The number of methoxy groups -OCH3 is 1. The second-order valence-electron chi connectivity index (χ2n) is 5.15. The molecule has 100 valence electrons. The van der Waals surface area contributed by atoms with Gasteiger partial charge in [-0.3, -0.25) is 10.1 Å². The summed E-state index contributed by atoms with van der Waals surface area (Å²) in [5.41, 5.74) is 0.469. The van der Waals surface area contributed by atoms with Gasteiger partial charge in [-0.05, 0) is 36.2 Å². The van der Waals surface area contributed by atoms with Crippen LogP contribution in [0, 0.1) is 0 Å². The second kappa shape index (κ2) is 5.41. The lowest BCUT2D eigenvalue weighted by Crippen LogP contribution is -2.46. The van der Waals surface area contributed by atoms with Crippen LogP contribution in [0.4, 0.5) is 0 Å². The van der Waals surface area contributed by atoms with Crippen molar-refractivity contribution in [1.29, 1.82) is 0 Å². The van der Waals surface area contributed by atoms with Crippen molar-refractivity contribution in [2.75, 3.05) is 7.11 Å². The normalized spacial score (nSPS) is 11.5. The maximum Gasteiger partial charge on any atom is 0.325 e. The Hall–Kier alpha value is -1.87. The number of carbonyl (C=O) groups is 1. The summed E-state index contributed by atoms with van der Waals surface area (Å²) in [7, 11) is 1.40. The second-order valence-corrected chi connectivity index (χ2v) is 5.15. The fourth-order valence-corrected chi connectivity index (χ4v) is 2.00. The molecule has 1 N–H and O–H groups in total. The van der Waals surface area contributed by atoms with Crippen molar-refractivity contribution in [2.24, 2.45) is 0 Å². The Morgan fingerprint density at radius 2 is 1.84 bits per heavy atom. The van der Waals surface area contributed by atoms with Crippen molar-refractivity contribution in [3.63, 3.8) is 0 Å². The summed E-state index contributed by atoms with van der Waals surface area (Å²) < 4.78 is 4.77. The Bertz CT molecular complexity index is 590. The van der Waals surface area contributed by atoms with E-state index in [0.29, 0.717) is 6.54 Å². The molecule has 0 unspecified atom stereocenters. The van der Waals surface area contributed by atoms with Gasteiger partial charge in [0.05, 0.1) is 7.11 Å². The zero-order valence-corrected chi connectivity index (χ0v) is 11.6. The molecule has 0 saturated carbocycles. The van der Waals surface area contributed by atoms with Crippen LogP contribution in [0.25, 0.3) is 10.8 Å². The van der Waals surface area contributed by atoms with Gasteiger partial charge in [0.2, 0.25) is 0 Å². The van der Waals surface area contributed by atoms with E-state index in [-0.39, 0.29) is 5.97 Å². The third-order valence-electron chi connectivity index (χ3n) is 3.24. The van der Waals surface area contributed by atoms with Crippen LogP contribution in [0.1, 0.15) is 19.4 Å². The zero-order chi connectivity index (χ0) is 13.9. The monoisotopic (exact) mass is 257 g/mol. The minimum absolute atomic E-state index is 0.256. The molecule has 0 aliphatic carbocycles. The van der Waals surface area contributed by atoms with Crippen molar-refractivity contribution < 1.29 is 9.53 Å². The molecule has 0 atom stereocenters. The lowest BCUT2D eigenvalue weighted by atomic mass is 10.0. The fraction of sp³-hybridized carbons (Fsp3) is 0.312. The predicted octanol–water partition coefficient (Wildman–Crippen LogP) is 2.88. The van der Waals surface area contributed by atoms with Crippen LogP contribution in [-0.2, 0) is 16.1 Å². The summed E-state index contributed by atoms with van der Waals surface area (Å²) in [6.45, 7) is 4.27. The van der Waals surface area contributed by atoms with Crippen LogP contribution in [0.5, 0.6) is 0 Å². The van der Waals surface area contributed by atoms with Crippen molar-refractivity contribution in [3.8, 4) is 0 Å². The Morgan fingerprint density at radius 1 is 1.16 bits per heavy atom. The Kier molecular flexibility index (Phi) is 3.86. The van der Waals surface area contributed by atoms with Crippen molar-refractivity contribution >= 4 is 16.7 Å². The molecule has 19 heavy (non-hydrogen) atoms. The maximum atomic E-state index is 11.6. The van der Waals surface area contributed by atoms with Crippen LogP contribution in [0.15, 0.2) is 42.5 Å². The van der Waals surface area contributed by atoms with E-state index in [1.165, 1.54) is 17.9 Å². The van der Waals surface area contributed by atoms with Gasteiger partial charge in [0.1, 0.15) is 5.54 Å². The number of nitrogens with one attached hydrogen (secondary N) is 1. The minimum atomic E-state index is -0.680. The quantitative estimate of drug-likeness (QED) is 0.856. The molecule has 0 spiro atoms. The van der Waals surface area contributed by atoms with Gasteiger partial charge in [-0.15, -0.1) is 0 Å². The number of carbonyl (C=O) groups excluding carboxylic acids is 1. The van der Waals surface area contributed by atoms with E-state index in [1.54, 1.807) is 0 Å². The topological polar surface area (TPSA) is 38.3 Å². The molecule has 0 fully saturated rings. The predicted molar refractivity (Wildman–Crippen MR) is 76.9 cm³/mol. The van der Waals surface area contributed by atoms with Crippen LogP contribution in [-0.4, -0.2) is 18.6 Å². The number of hydrogen-bond acceptors (Lipinski definition) is 3. The van der Waals surface area contributed by atoms with Crippen molar-refractivity contribution in [2.45, 2.75) is 25.9 Å². The first-order chi connectivity index (χ1) is 9.03. The first-order valence-electron chi connectivity index (χ1n) is 6.34. The third-order valence-corrected chi connectivity index (χ3v) is 3.24. The first-order valence-corrected chi connectivity index (χ1v) is 6.34. The molecule has 0 saturated heterocycles. The van der Waals surface area contributed by atoms with E-state index in [1.807, 2.05) is 26.0 Å². The van der Waals surface area contributed by atoms with E-state index in [2.05, 4.69) is 35.6 Å². The smallest absolute Gasteiger partial charge is 0.325 e. The number of fused-ring (bicyclic) bond motifs is 1. The molecule has 0 heterocycles. The molecule has 2 aromatic carbocycles. The van der Waals surface area contributed by atoms with E-state index in [9.17, 15) is 4.79 Å². The van der Waals surface area contributed by atoms with Crippen molar-refractivity contribution in [3.05, 3.63) is 48.0 Å². The molecule has 3 heteroatoms. The Morgan fingerprint density at radius 3 is 2.53 bits per heavy atom. The van der Waals surface area contributed by atoms with E-state index in [0.717, 1.165) is 5.56 Å². The van der Waals surface area contributed by atoms with Gasteiger partial charge in [-0.2, -0.15) is 0 Å². The van der Waals surface area contributed by atoms with Crippen LogP contribution < -0.4 is 5.32 Å². The molecule has 0 amide bonds. The summed E-state index contributed by atoms with van der Waals surface area (Å²) in [4.78, 5) is 11.6. The molecule has 0 aliphatic heterocycles. The maximum absolute atomic E-state index is 11.6. The average Bonchev–Trinajstić information content (AvgIpc) is 2.44. The summed E-state index contributed by atoms with van der Waals surface area (Å²) >= 11 is 0. The third kappa shape index (κ3) is 3.12. The standard InChI is InChI=1S/C16H19NO2/c1-16(2,15(18)19-3)17-11-12-8-9-13-6-4-5-7-14(13)10-12/h4-10,17H,11H2,1-3H3. The molecule has 3 nitrogen and oxygen atoms in total. The Labute approximate surface area is 113 Å². The highest BCUT2D eigenvalue weighted by molar-refractivity contribution is 5.83. The van der Waals surface area contributed by atoms with Gasteiger partial charge < -0.3 is 4.74 Å².